The Morgan fingerprint density at radius 3 is 2.11 bits per heavy atom. The number of nitrogens with one attached hydrogen (secondary N) is 2. The molecule has 0 aromatic carbocycles. The van der Waals surface area contributed by atoms with Crippen molar-refractivity contribution >= 4 is 6.03 Å². The number of rotatable bonds is 2. The Morgan fingerprint density at radius 1 is 1.00 bits per heavy atom. The van der Waals surface area contributed by atoms with Gasteiger partial charge in [0, 0.05) is 12.1 Å². The molecule has 1 saturated heterocycles. The van der Waals surface area contributed by atoms with Crippen molar-refractivity contribution < 1.29 is 14.6 Å². The molecule has 3 N–H and O–H groups in total. The standard InChI is InChI=1S/C14H26N2O3/c1-9-7-12(8-10(2)19-9)16-14(18)15-11-3-5-13(17)6-4-11/h9-13,17H,3-8H2,1-2H3,(H2,15,16,18). The molecule has 5 nitrogen and oxygen atoms in total. The highest BCUT2D eigenvalue weighted by Crippen LogP contribution is 2.20. The van der Waals surface area contributed by atoms with Crippen LogP contribution < -0.4 is 10.6 Å². The van der Waals surface area contributed by atoms with Gasteiger partial charge < -0.3 is 20.5 Å². The molecule has 0 spiro atoms. The number of carbonyl (C=O) groups is 1. The highest BCUT2D eigenvalue weighted by Gasteiger charge is 2.27. The van der Waals surface area contributed by atoms with Crippen molar-refractivity contribution in [2.45, 2.75) is 82.8 Å². The summed E-state index contributed by atoms with van der Waals surface area (Å²) in [4.78, 5) is 11.9. The van der Waals surface area contributed by atoms with Crippen LogP contribution in [0, 0.1) is 0 Å². The third-order valence-electron chi connectivity index (χ3n) is 4.06. The summed E-state index contributed by atoms with van der Waals surface area (Å²) in [5, 5.41) is 15.5. The van der Waals surface area contributed by atoms with E-state index in [4.69, 9.17) is 4.74 Å². The number of aliphatic hydroxyl groups excluding tert-OH is 1. The van der Waals surface area contributed by atoms with E-state index in [0.29, 0.717) is 0 Å². The summed E-state index contributed by atoms with van der Waals surface area (Å²) >= 11 is 0. The lowest BCUT2D eigenvalue weighted by molar-refractivity contribution is -0.0402. The van der Waals surface area contributed by atoms with E-state index in [1.807, 2.05) is 13.8 Å². The Bertz CT molecular complexity index is 293. The number of amides is 2. The lowest BCUT2D eigenvalue weighted by atomic mass is 9.93. The molecule has 5 heteroatoms. The van der Waals surface area contributed by atoms with Gasteiger partial charge in [-0.1, -0.05) is 0 Å². The molecule has 0 bridgehead atoms. The first-order valence-corrected chi connectivity index (χ1v) is 7.43. The number of ether oxygens (including phenoxy) is 1. The molecule has 1 saturated carbocycles. The average Bonchev–Trinajstić information content (AvgIpc) is 2.30. The fraction of sp³-hybridized carbons (Fsp3) is 0.929. The minimum atomic E-state index is -0.182. The number of hydrogen-bond acceptors (Lipinski definition) is 3. The smallest absolute Gasteiger partial charge is 0.315 e. The van der Waals surface area contributed by atoms with Crippen LogP contribution in [0.25, 0.3) is 0 Å². The van der Waals surface area contributed by atoms with Crippen molar-refractivity contribution in [3.63, 3.8) is 0 Å². The van der Waals surface area contributed by atoms with Gasteiger partial charge in [-0.25, -0.2) is 4.79 Å². The molecule has 0 aromatic heterocycles. The fourth-order valence-electron chi connectivity index (χ4n) is 3.16. The van der Waals surface area contributed by atoms with Crippen LogP contribution in [0.15, 0.2) is 0 Å². The number of urea groups is 1. The molecule has 0 aromatic rings. The van der Waals surface area contributed by atoms with Gasteiger partial charge in [0.2, 0.25) is 0 Å². The first kappa shape index (κ1) is 14.6. The van der Waals surface area contributed by atoms with Crippen LogP contribution in [0.1, 0.15) is 52.4 Å². The van der Waals surface area contributed by atoms with E-state index in [2.05, 4.69) is 10.6 Å². The summed E-state index contributed by atoms with van der Waals surface area (Å²) in [7, 11) is 0. The van der Waals surface area contributed by atoms with E-state index in [0.717, 1.165) is 38.5 Å². The van der Waals surface area contributed by atoms with Crippen molar-refractivity contribution in [3.05, 3.63) is 0 Å². The minimum absolute atomic E-state index is 0.0762. The molecule has 2 fully saturated rings. The summed E-state index contributed by atoms with van der Waals surface area (Å²) in [6, 6.07) is 0.332. The van der Waals surface area contributed by atoms with Crippen LogP contribution >= 0.6 is 0 Å². The zero-order chi connectivity index (χ0) is 13.8. The quantitative estimate of drug-likeness (QED) is 0.713. The van der Waals surface area contributed by atoms with E-state index in [9.17, 15) is 9.90 Å². The van der Waals surface area contributed by atoms with Crippen molar-refractivity contribution in [2.75, 3.05) is 0 Å². The van der Waals surface area contributed by atoms with E-state index >= 15 is 0 Å². The van der Waals surface area contributed by atoms with Gasteiger partial charge in [-0.3, -0.25) is 0 Å². The van der Waals surface area contributed by atoms with Gasteiger partial charge in [-0.05, 0) is 52.4 Å². The predicted octanol–water partition coefficient (Wildman–Crippen LogP) is 1.55. The summed E-state index contributed by atoms with van der Waals surface area (Å²) in [5.41, 5.74) is 0. The average molecular weight is 270 g/mol. The second kappa shape index (κ2) is 6.57. The zero-order valence-electron chi connectivity index (χ0n) is 11.9. The van der Waals surface area contributed by atoms with Crippen LogP contribution in [0.5, 0.6) is 0 Å². The fourth-order valence-corrected chi connectivity index (χ4v) is 3.16. The third-order valence-corrected chi connectivity index (χ3v) is 4.06. The molecule has 19 heavy (non-hydrogen) atoms. The molecular formula is C14H26N2O3. The third kappa shape index (κ3) is 4.66. The van der Waals surface area contributed by atoms with Gasteiger partial charge >= 0.3 is 6.03 Å². The Morgan fingerprint density at radius 2 is 1.53 bits per heavy atom. The molecule has 2 aliphatic rings. The maximum atomic E-state index is 11.9. The molecule has 110 valence electrons. The first-order chi connectivity index (χ1) is 9.02. The van der Waals surface area contributed by atoms with Crippen molar-refractivity contribution in [1.29, 1.82) is 0 Å². The van der Waals surface area contributed by atoms with Gasteiger partial charge in [0.1, 0.15) is 0 Å². The zero-order valence-corrected chi connectivity index (χ0v) is 11.9. The number of hydrogen-bond donors (Lipinski definition) is 3. The predicted molar refractivity (Wildman–Crippen MR) is 73.0 cm³/mol. The van der Waals surface area contributed by atoms with E-state index in [1.165, 1.54) is 0 Å². The molecule has 0 radical (unpaired) electrons. The molecule has 1 aliphatic carbocycles. The maximum Gasteiger partial charge on any atom is 0.315 e. The maximum absolute atomic E-state index is 11.9. The number of carbonyl (C=O) groups excluding carboxylic acids is 1. The van der Waals surface area contributed by atoms with E-state index in [-0.39, 0.29) is 36.4 Å². The van der Waals surface area contributed by atoms with Gasteiger partial charge in [0.05, 0.1) is 18.3 Å². The second-order valence-electron chi connectivity index (χ2n) is 6.05. The molecule has 2 atom stereocenters. The summed E-state index contributed by atoms with van der Waals surface area (Å²) < 4.78 is 5.66. The molecule has 2 amide bonds. The lowest BCUT2D eigenvalue weighted by Crippen LogP contribution is -2.50. The molecule has 2 rings (SSSR count). The summed E-state index contributed by atoms with van der Waals surface area (Å²) in [6.45, 7) is 4.09. The first-order valence-electron chi connectivity index (χ1n) is 7.43. The molecule has 1 heterocycles. The lowest BCUT2D eigenvalue weighted by Gasteiger charge is -2.33. The van der Waals surface area contributed by atoms with Crippen molar-refractivity contribution in [3.8, 4) is 0 Å². The van der Waals surface area contributed by atoms with E-state index in [1.54, 1.807) is 0 Å². The van der Waals surface area contributed by atoms with Crippen LogP contribution in [-0.4, -0.2) is 41.5 Å². The van der Waals surface area contributed by atoms with Crippen molar-refractivity contribution in [2.24, 2.45) is 0 Å². The molecule has 2 unspecified atom stereocenters. The monoisotopic (exact) mass is 270 g/mol. The summed E-state index contributed by atoms with van der Waals surface area (Å²) in [5.74, 6) is 0. The Kier molecular flexibility index (Phi) is 5.05. The number of aliphatic hydroxyl groups is 1. The van der Waals surface area contributed by atoms with Crippen LogP contribution in [0.3, 0.4) is 0 Å². The second-order valence-corrected chi connectivity index (χ2v) is 6.05. The topological polar surface area (TPSA) is 70.6 Å². The normalized spacial score (nSPS) is 39.6. The highest BCUT2D eigenvalue weighted by atomic mass is 16.5. The Labute approximate surface area is 115 Å². The van der Waals surface area contributed by atoms with Crippen molar-refractivity contribution in [1.82, 2.24) is 10.6 Å². The SMILES string of the molecule is CC1CC(NC(=O)NC2CCC(O)CC2)CC(C)O1. The Hall–Kier alpha value is -0.810. The highest BCUT2D eigenvalue weighted by molar-refractivity contribution is 5.74. The summed E-state index contributed by atoms with van der Waals surface area (Å²) in [6.07, 6.45) is 5.30. The minimum Gasteiger partial charge on any atom is -0.393 e. The van der Waals surface area contributed by atoms with Gasteiger partial charge in [0.25, 0.3) is 0 Å². The van der Waals surface area contributed by atoms with Crippen LogP contribution in [0.2, 0.25) is 0 Å². The van der Waals surface area contributed by atoms with Gasteiger partial charge in [-0.2, -0.15) is 0 Å². The van der Waals surface area contributed by atoms with Gasteiger partial charge in [0.15, 0.2) is 0 Å². The Balaban J connectivity index is 1.72. The van der Waals surface area contributed by atoms with Gasteiger partial charge in [-0.15, -0.1) is 0 Å². The molecule has 1 aliphatic heterocycles. The largest absolute Gasteiger partial charge is 0.393 e. The van der Waals surface area contributed by atoms with Crippen LogP contribution in [-0.2, 0) is 4.74 Å². The van der Waals surface area contributed by atoms with E-state index < -0.39 is 0 Å². The molecular weight excluding hydrogens is 244 g/mol. The van der Waals surface area contributed by atoms with Crippen LogP contribution in [0.4, 0.5) is 4.79 Å².